The van der Waals surface area contributed by atoms with Crippen LogP contribution in [0.3, 0.4) is 0 Å². The lowest BCUT2D eigenvalue weighted by atomic mass is 10.2. The molecule has 4 nitrogen and oxygen atoms in total. The molecule has 1 aromatic heterocycles. The first-order chi connectivity index (χ1) is 8.69. The number of methoxy groups -OCH3 is 1. The number of nitrogens with zero attached hydrogens (tertiary/aromatic N) is 2. The molecule has 0 amide bonds. The fraction of sp³-hybridized carbons (Fsp3) is 0.167. The number of ether oxygens (including phenoxy) is 1. The Labute approximate surface area is 103 Å². The Bertz CT molecular complexity index is 531. The van der Waals surface area contributed by atoms with E-state index in [4.69, 9.17) is 4.74 Å². The van der Waals surface area contributed by atoms with Crippen LogP contribution in [-0.4, -0.2) is 17.1 Å². The molecule has 0 spiro atoms. The molecule has 2 aromatic rings. The first-order valence-corrected chi connectivity index (χ1v) is 5.23. The summed E-state index contributed by atoms with van der Waals surface area (Å²) in [6, 6.07) is 3.71. The van der Waals surface area contributed by atoms with Crippen LogP contribution in [0.1, 0.15) is 5.56 Å². The summed E-state index contributed by atoms with van der Waals surface area (Å²) in [5.74, 6) is -0.793. The average molecular weight is 251 g/mol. The molecule has 6 heteroatoms. The predicted molar refractivity (Wildman–Crippen MR) is 62.3 cm³/mol. The topological polar surface area (TPSA) is 47.0 Å². The molecule has 0 aliphatic carbocycles. The van der Waals surface area contributed by atoms with Crippen molar-refractivity contribution < 1.29 is 13.5 Å². The summed E-state index contributed by atoms with van der Waals surface area (Å²) in [6.07, 6.45) is 3.03. The molecule has 0 radical (unpaired) electrons. The average Bonchev–Trinajstić information content (AvgIpc) is 2.41. The Morgan fingerprint density at radius 3 is 2.50 bits per heavy atom. The van der Waals surface area contributed by atoms with Gasteiger partial charge in [-0.05, 0) is 17.7 Å². The Hall–Kier alpha value is -2.24. The van der Waals surface area contributed by atoms with Gasteiger partial charge in [-0.3, -0.25) is 0 Å². The third-order valence-electron chi connectivity index (χ3n) is 2.30. The molecule has 94 valence electrons. The molecule has 0 fully saturated rings. The fourth-order valence-electron chi connectivity index (χ4n) is 1.34. The van der Waals surface area contributed by atoms with Gasteiger partial charge in [0.2, 0.25) is 5.95 Å². The van der Waals surface area contributed by atoms with E-state index in [2.05, 4.69) is 15.3 Å². The molecule has 1 heterocycles. The van der Waals surface area contributed by atoms with Gasteiger partial charge in [-0.2, -0.15) is 0 Å². The summed E-state index contributed by atoms with van der Waals surface area (Å²) in [5, 5.41) is 2.89. The van der Waals surface area contributed by atoms with E-state index in [0.29, 0.717) is 23.8 Å². The summed E-state index contributed by atoms with van der Waals surface area (Å²) < 4.78 is 30.6. The van der Waals surface area contributed by atoms with Crippen molar-refractivity contribution in [1.82, 2.24) is 9.97 Å². The van der Waals surface area contributed by atoms with E-state index in [1.807, 2.05) is 0 Å². The molecule has 1 aromatic carbocycles. The van der Waals surface area contributed by atoms with Gasteiger partial charge in [0, 0.05) is 6.54 Å². The molecule has 0 bridgehead atoms. The van der Waals surface area contributed by atoms with Crippen LogP contribution in [-0.2, 0) is 6.54 Å². The molecular weight excluding hydrogens is 240 g/mol. The molecule has 1 N–H and O–H groups in total. The number of hydrogen-bond donors (Lipinski definition) is 1. The van der Waals surface area contributed by atoms with Crippen LogP contribution in [0, 0.1) is 11.6 Å². The van der Waals surface area contributed by atoms with Gasteiger partial charge in [0.25, 0.3) is 0 Å². The fourth-order valence-corrected chi connectivity index (χ4v) is 1.34. The van der Waals surface area contributed by atoms with Crippen molar-refractivity contribution in [1.29, 1.82) is 0 Å². The van der Waals surface area contributed by atoms with Crippen molar-refractivity contribution in [3.8, 4) is 5.75 Å². The van der Waals surface area contributed by atoms with Crippen LogP contribution < -0.4 is 10.1 Å². The standard InChI is InChI=1S/C12H11F2N3O/c1-18-9-6-16-12(17-7-9)15-5-8-2-3-10(13)11(14)4-8/h2-4,6-7H,5H2,1H3,(H,15,16,17). The number of aromatic nitrogens is 2. The van der Waals surface area contributed by atoms with Crippen LogP contribution in [0.25, 0.3) is 0 Å². The summed E-state index contributed by atoms with van der Waals surface area (Å²) in [5.41, 5.74) is 0.605. The van der Waals surface area contributed by atoms with E-state index < -0.39 is 11.6 Å². The largest absolute Gasteiger partial charge is 0.494 e. The highest BCUT2D eigenvalue weighted by Crippen LogP contribution is 2.11. The van der Waals surface area contributed by atoms with Gasteiger partial charge in [0.1, 0.15) is 0 Å². The zero-order valence-electron chi connectivity index (χ0n) is 9.65. The number of rotatable bonds is 4. The van der Waals surface area contributed by atoms with Crippen LogP contribution in [0.4, 0.5) is 14.7 Å². The van der Waals surface area contributed by atoms with Crippen molar-refractivity contribution in [2.45, 2.75) is 6.54 Å². The van der Waals surface area contributed by atoms with Crippen molar-refractivity contribution in [3.63, 3.8) is 0 Å². The second-order valence-electron chi connectivity index (χ2n) is 3.55. The Morgan fingerprint density at radius 2 is 1.89 bits per heavy atom. The van der Waals surface area contributed by atoms with Crippen LogP contribution >= 0.6 is 0 Å². The van der Waals surface area contributed by atoms with Crippen LogP contribution in [0.15, 0.2) is 30.6 Å². The third kappa shape index (κ3) is 2.91. The Balaban J connectivity index is 1.99. The highest BCUT2D eigenvalue weighted by molar-refractivity contribution is 5.29. The van der Waals surface area contributed by atoms with Gasteiger partial charge in [0.05, 0.1) is 19.5 Å². The molecule has 0 aliphatic rings. The smallest absolute Gasteiger partial charge is 0.223 e. The normalized spacial score (nSPS) is 10.2. The van der Waals surface area contributed by atoms with E-state index in [9.17, 15) is 8.78 Å². The third-order valence-corrected chi connectivity index (χ3v) is 2.30. The maximum atomic E-state index is 13.0. The predicted octanol–water partition coefficient (Wildman–Crippen LogP) is 2.38. The lowest BCUT2D eigenvalue weighted by Crippen LogP contribution is -2.04. The van der Waals surface area contributed by atoms with Crippen molar-refractivity contribution in [2.24, 2.45) is 0 Å². The molecule has 2 rings (SSSR count). The van der Waals surface area contributed by atoms with Crippen molar-refractivity contribution in [3.05, 3.63) is 47.8 Å². The molecule has 0 atom stereocenters. The van der Waals surface area contributed by atoms with E-state index in [-0.39, 0.29) is 0 Å². The van der Waals surface area contributed by atoms with Crippen molar-refractivity contribution >= 4 is 5.95 Å². The number of hydrogen-bond acceptors (Lipinski definition) is 4. The quantitative estimate of drug-likeness (QED) is 0.906. The zero-order valence-corrected chi connectivity index (χ0v) is 9.65. The van der Waals surface area contributed by atoms with Crippen LogP contribution in [0.5, 0.6) is 5.75 Å². The number of halogens is 2. The number of benzene rings is 1. The molecule has 0 aliphatic heterocycles. The highest BCUT2D eigenvalue weighted by atomic mass is 19.2. The second-order valence-corrected chi connectivity index (χ2v) is 3.55. The zero-order chi connectivity index (χ0) is 13.0. The lowest BCUT2D eigenvalue weighted by Gasteiger charge is -2.05. The van der Waals surface area contributed by atoms with Gasteiger partial charge in [0.15, 0.2) is 17.4 Å². The second kappa shape index (κ2) is 5.39. The van der Waals surface area contributed by atoms with E-state index in [1.165, 1.54) is 25.6 Å². The summed E-state index contributed by atoms with van der Waals surface area (Å²) in [6.45, 7) is 0.309. The highest BCUT2D eigenvalue weighted by Gasteiger charge is 2.03. The maximum absolute atomic E-state index is 13.0. The molecule has 0 unspecified atom stereocenters. The van der Waals surface area contributed by atoms with Gasteiger partial charge in [-0.15, -0.1) is 0 Å². The molecule has 18 heavy (non-hydrogen) atoms. The molecule has 0 saturated carbocycles. The van der Waals surface area contributed by atoms with E-state index >= 15 is 0 Å². The monoisotopic (exact) mass is 251 g/mol. The van der Waals surface area contributed by atoms with Crippen LogP contribution in [0.2, 0.25) is 0 Å². The molecule has 0 saturated heterocycles. The minimum Gasteiger partial charge on any atom is -0.494 e. The van der Waals surface area contributed by atoms with E-state index in [0.717, 1.165) is 12.1 Å². The van der Waals surface area contributed by atoms with E-state index in [1.54, 1.807) is 0 Å². The summed E-state index contributed by atoms with van der Waals surface area (Å²) in [4.78, 5) is 7.98. The number of anilines is 1. The summed E-state index contributed by atoms with van der Waals surface area (Å²) in [7, 11) is 1.52. The first-order valence-electron chi connectivity index (χ1n) is 5.23. The SMILES string of the molecule is COc1cnc(NCc2ccc(F)c(F)c2)nc1. The maximum Gasteiger partial charge on any atom is 0.223 e. The Morgan fingerprint density at radius 1 is 1.17 bits per heavy atom. The minimum atomic E-state index is -0.870. The molecular formula is C12H11F2N3O. The van der Waals surface area contributed by atoms with Gasteiger partial charge >= 0.3 is 0 Å². The van der Waals surface area contributed by atoms with Gasteiger partial charge in [-0.25, -0.2) is 18.7 Å². The van der Waals surface area contributed by atoms with Gasteiger partial charge < -0.3 is 10.1 Å². The van der Waals surface area contributed by atoms with Gasteiger partial charge in [-0.1, -0.05) is 6.07 Å². The summed E-state index contributed by atoms with van der Waals surface area (Å²) >= 11 is 0. The lowest BCUT2D eigenvalue weighted by molar-refractivity contribution is 0.411. The first kappa shape index (κ1) is 12.2. The number of nitrogens with one attached hydrogen (secondary N) is 1. The Kier molecular flexibility index (Phi) is 3.66. The van der Waals surface area contributed by atoms with Crippen molar-refractivity contribution in [2.75, 3.05) is 12.4 Å². The minimum absolute atomic E-state index is 0.309.